The number of hydrogen-bond donors (Lipinski definition) is 2. The first kappa shape index (κ1) is 13.4. The molecule has 118 valence electrons. The minimum Gasteiger partial charge on any atom is -0.386 e. The Bertz CT molecular complexity index is 749. The van der Waals surface area contributed by atoms with Gasteiger partial charge < -0.3 is 15.2 Å². The Morgan fingerprint density at radius 2 is 2.55 bits per heavy atom. The fourth-order valence-electron chi connectivity index (χ4n) is 3.29. The molecule has 2 N–H and O–H groups in total. The fraction of sp³-hybridized carbons (Fsp3) is 0.571. The second-order valence-corrected chi connectivity index (χ2v) is 7.48. The number of thiophene rings is 1. The Morgan fingerprint density at radius 1 is 1.68 bits per heavy atom. The van der Waals surface area contributed by atoms with Crippen molar-refractivity contribution < 1.29 is 11.2 Å². The Kier molecular flexibility index (Phi) is 3.23. The van der Waals surface area contributed by atoms with Crippen LogP contribution in [0.4, 0.5) is 0 Å². The molecule has 4 heterocycles. The Labute approximate surface area is 138 Å². The third-order valence-corrected chi connectivity index (χ3v) is 5.79. The first-order valence-corrected chi connectivity index (χ1v) is 8.35. The van der Waals surface area contributed by atoms with Crippen LogP contribution in [0.2, 0.25) is 4.34 Å². The standard InChI is InChI=1S/C14H17ClN4O2S/c1-19-6-10(17-18-19)9-5-14(2-3-16-9)13-8(4-12(15)22-13)11(20)7-21-14/h4,6,9,11,16,20H,2-3,5,7H2,1H3/t9-,11?,14-/m0/s1/i11D. The second-order valence-electron chi connectivity index (χ2n) is 5.80. The third-order valence-electron chi connectivity index (χ3n) is 4.34. The molecule has 2 aliphatic rings. The monoisotopic (exact) mass is 341 g/mol. The summed E-state index contributed by atoms with van der Waals surface area (Å²) >= 11 is 7.56. The van der Waals surface area contributed by atoms with E-state index in [1.54, 1.807) is 10.7 Å². The van der Waals surface area contributed by atoms with Crippen molar-refractivity contribution in [3.63, 3.8) is 0 Å². The minimum absolute atomic E-state index is 0.0168. The van der Waals surface area contributed by atoms with Gasteiger partial charge in [-0.1, -0.05) is 16.8 Å². The molecule has 1 spiro atoms. The molecule has 22 heavy (non-hydrogen) atoms. The molecule has 0 aromatic carbocycles. The van der Waals surface area contributed by atoms with E-state index in [0.717, 1.165) is 23.5 Å². The average molecular weight is 342 g/mol. The number of aliphatic hydroxyl groups is 1. The van der Waals surface area contributed by atoms with Crippen molar-refractivity contribution in [3.8, 4) is 0 Å². The van der Waals surface area contributed by atoms with Crippen molar-refractivity contribution in [1.29, 1.82) is 0 Å². The smallest absolute Gasteiger partial charge is 0.106 e. The van der Waals surface area contributed by atoms with Crippen molar-refractivity contribution in [3.05, 3.63) is 32.7 Å². The lowest BCUT2D eigenvalue weighted by atomic mass is 9.81. The van der Waals surface area contributed by atoms with Gasteiger partial charge in [0.15, 0.2) is 0 Å². The van der Waals surface area contributed by atoms with E-state index in [2.05, 4.69) is 15.6 Å². The minimum atomic E-state index is -1.74. The molecule has 3 atom stereocenters. The zero-order valence-corrected chi connectivity index (χ0v) is 13.6. The Hall–Kier alpha value is -0.990. The molecule has 0 bridgehead atoms. The van der Waals surface area contributed by atoms with Gasteiger partial charge in [0.2, 0.25) is 0 Å². The van der Waals surface area contributed by atoms with Gasteiger partial charge in [-0.05, 0) is 19.0 Å². The van der Waals surface area contributed by atoms with E-state index in [0.29, 0.717) is 16.3 Å². The number of nitrogens with one attached hydrogen (secondary N) is 1. The summed E-state index contributed by atoms with van der Waals surface area (Å²) < 4.78 is 16.4. The summed E-state index contributed by atoms with van der Waals surface area (Å²) in [5, 5.41) is 21.9. The van der Waals surface area contributed by atoms with Crippen molar-refractivity contribution in [2.75, 3.05) is 13.2 Å². The lowest BCUT2D eigenvalue weighted by molar-refractivity contribution is -0.123. The van der Waals surface area contributed by atoms with Crippen LogP contribution in [-0.2, 0) is 17.4 Å². The van der Waals surface area contributed by atoms with Crippen LogP contribution in [-0.4, -0.2) is 33.3 Å². The largest absolute Gasteiger partial charge is 0.386 e. The number of fused-ring (bicyclic) bond motifs is 2. The predicted molar refractivity (Wildman–Crippen MR) is 82.9 cm³/mol. The summed E-state index contributed by atoms with van der Waals surface area (Å²) in [4.78, 5) is 0.863. The van der Waals surface area contributed by atoms with Crippen LogP contribution < -0.4 is 5.32 Å². The van der Waals surface area contributed by atoms with Gasteiger partial charge in [0, 0.05) is 30.1 Å². The maximum absolute atomic E-state index is 10.3. The van der Waals surface area contributed by atoms with E-state index < -0.39 is 11.7 Å². The summed E-state index contributed by atoms with van der Waals surface area (Å²) in [6.07, 6.45) is 1.59. The van der Waals surface area contributed by atoms with E-state index in [4.69, 9.17) is 17.7 Å². The van der Waals surface area contributed by atoms with Crippen molar-refractivity contribution in [1.82, 2.24) is 20.3 Å². The molecule has 0 radical (unpaired) electrons. The first-order chi connectivity index (χ1) is 10.9. The number of nitrogens with zero attached hydrogens (tertiary/aromatic N) is 3. The van der Waals surface area contributed by atoms with Crippen LogP contribution in [0.5, 0.6) is 0 Å². The number of aromatic nitrogens is 3. The third kappa shape index (κ3) is 2.28. The molecule has 0 amide bonds. The van der Waals surface area contributed by atoms with Crippen LogP contribution in [0.1, 0.15) is 42.5 Å². The zero-order valence-electron chi connectivity index (χ0n) is 13.0. The van der Waals surface area contributed by atoms with Crippen LogP contribution >= 0.6 is 22.9 Å². The highest BCUT2D eigenvalue weighted by Gasteiger charge is 2.46. The first-order valence-electron chi connectivity index (χ1n) is 7.66. The van der Waals surface area contributed by atoms with Crippen LogP contribution in [0.15, 0.2) is 12.3 Å². The molecule has 1 saturated heterocycles. The van der Waals surface area contributed by atoms with E-state index in [1.807, 2.05) is 13.2 Å². The van der Waals surface area contributed by atoms with Crippen molar-refractivity contribution >= 4 is 22.9 Å². The number of aryl methyl sites for hydroxylation is 1. The fourth-order valence-corrected chi connectivity index (χ4v) is 4.72. The molecule has 4 rings (SSSR count). The highest BCUT2D eigenvalue weighted by atomic mass is 35.5. The molecular weight excluding hydrogens is 324 g/mol. The van der Waals surface area contributed by atoms with Crippen LogP contribution in [0.3, 0.4) is 0 Å². The molecule has 0 saturated carbocycles. The molecule has 1 fully saturated rings. The van der Waals surface area contributed by atoms with E-state index in [-0.39, 0.29) is 12.6 Å². The normalized spacial score (nSPS) is 35.4. The highest BCUT2D eigenvalue weighted by molar-refractivity contribution is 7.16. The summed E-state index contributed by atoms with van der Waals surface area (Å²) in [5.41, 5.74) is 0.901. The topological polar surface area (TPSA) is 72.2 Å². The maximum atomic E-state index is 10.3. The number of rotatable bonds is 1. The van der Waals surface area contributed by atoms with Gasteiger partial charge in [0.1, 0.15) is 11.7 Å². The van der Waals surface area contributed by atoms with E-state index in [9.17, 15) is 5.11 Å². The quantitative estimate of drug-likeness (QED) is 0.829. The molecule has 2 aliphatic heterocycles. The lowest BCUT2D eigenvalue weighted by Gasteiger charge is -2.44. The van der Waals surface area contributed by atoms with Gasteiger partial charge in [-0.25, -0.2) is 0 Å². The van der Waals surface area contributed by atoms with E-state index in [1.165, 1.54) is 11.3 Å². The number of piperidine rings is 1. The summed E-state index contributed by atoms with van der Waals surface area (Å²) in [5.74, 6) is 0. The van der Waals surface area contributed by atoms with Gasteiger partial charge in [-0.3, -0.25) is 4.68 Å². The van der Waals surface area contributed by atoms with Crippen molar-refractivity contribution in [2.45, 2.75) is 30.6 Å². The zero-order chi connectivity index (χ0) is 16.2. The van der Waals surface area contributed by atoms with Gasteiger partial charge >= 0.3 is 0 Å². The van der Waals surface area contributed by atoms with Crippen LogP contribution in [0, 0.1) is 0 Å². The van der Waals surface area contributed by atoms with Crippen molar-refractivity contribution in [2.24, 2.45) is 7.05 Å². The Morgan fingerprint density at radius 3 is 3.32 bits per heavy atom. The molecule has 2 aromatic heterocycles. The average Bonchev–Trinajstić information content (AvgIpc) is 3.11. The van der Waals surface area contributed by atoms with Gasteiger partial charge in [-0.2, -0.15) is 0 Å². The number of ether oxygens (including phenoxy) is 1. The summed E-state index contributed by atoms with van der Waals surface area (Å²) in [6.45, 7) is 0.701. The van der Waals surface area contributed by atoms with Crippen LogP contribution in [0.25, 0.3) is 0 Å². The molecule has 0 aliphatic carbocycles. The van der Waals surface area contributed by atoms with Gasteiger partial charge in [0.05, 0.1) is 24.0 Å². The number of hydrogen-bond acceptors (Lipinski definition) is 6. The molecule has 1 unspecified atom stereocenters. The summed E-state index contributed by atoms with van der Waals surface area (Å²) in [6, 6.07) is 1.71. The van der Waals surface area contributed by atoms with E-state index >= 15 is 0 Å². The van der Waals surface area contributed by atoms with Gasteiger partial charge in [0.25, 0.3) is 0 Å². The Balaban J connectivity index is 1.73. The lowest BCUT2D eigenvalue weighted by Crippen LogP contribution is -2.46. The molecular formula is C14H17ClN4O2S. The predicted octanol–water partition coefficient (Wildman–Crippen LogP) is 1.91. The number of halogens is 1. The summed E-state index contributed by atoms with van der Waals surface area (Å²) in [7, 11) is 1.84. The maximum Gasteiger partial charge on any atom is 0.106 e. The molecule has 2 aromatic rings. The molecule has 6 nitrogen and oxygen atoms in total. The SMILES string of the molecule is [2H]C1(O)CO[C@]2(CCN[C@H](c3cn(C)nn3)C2)c2sc(Cl)cc21. The molecule has 8 heteroatoms. The highest BCUT2D eigenvalue weighted by Crippen LogP contribution is 2.50. The second kappa shape index (κ2) is 5.28. The van der Waals surface area contributed by atoms with Gasteiger partial charge in [-0.15, -0.1) is 16.4 Å².